The fourth-order valence-corrected chi connectivity index (χ4v) is 17.8. The summed E-state index contributed by atoms with van der Waals surface area (Å²) in [5, 5.41) is 82.9. The average molecular weight is 2010 g/mol. The van der Waals surface area contributed by atoms with Crippen molar-refractivity contribution >= 4 is 99.6 Å². The molecule has 0 saturated carbocycles. The van der Waals surface area contributed by atoms with Crippen molar-refractivity contribution in [2.24, 2.45) is 53.0 Å². The summed E-state index contributed by atoms with van der Waals surface area (Å²) >= 11 is 0. The molecule has 0 unspecified atom stereocenters. The SMILES string of the molecule is CC[C@H](C)[C@@H]([C@@H](CC(=O)N1CCC[C@H]1[C@H](OC)[C@@H](C)C(=O)N[C@H](C)[C@@H](O)c1ccccc1)OC)N(C)C(=O)[C@@H](CC(=O)[C@H](C(C)C)N(C)C(=O)OCc1ccc(NC(=O)[C@H](CCCNC(N)=O)CC(=O)[C@@H](NC(=O)[C@@H](CCC(=O)NC[C@H](O)[C@@H](O)[C@H](O)[C@H](O)CO)NC(=O)CCOCCOCCOCCOCCNC(=O)CCC(=O)N2Cc3ccccc3/C(NC)=C(/NN)c3ccccc32)C(C)C)cc1)C(C)C. The van der Waals surface area contributed by atoms with Crippen LogP contribution in [0.3, 0.4) is 0 Å². The van der Waals surface area contributed by atoms with Crippen LogP contribution in [-0.4, -0.2) is 316 Å². The van der Waals surface area contributed by atoms with E-state index in [1.165, 1.54) is 38.3 Å². The van der Waals surface area contributed by atoms with Gasteiger partial charge in [0.2, 0.25) is 53.2 Å². The number of ketones is 2. The van der Waals surface area contributed by atoms with Crippen LogP contribution in [0.1, 0.15) is 187 Å². The summed E-state index contributed by atoms with van der Waals surface area (Å²) in [7, 11) is 7.89. The molecule has 6 rings (SSSR count). The smallest absolute Gasteiger partial charge is 0.410 e. The number of hydrogen-bond donors (Lipinski definition) is 17. The number of methoxy groups -OCH3 is 2. The Balaban J connectivity index is 0.989. The number of aliphatic hydroxyl groups is 6. The van der Waals surface area contributed by atoms with Crippen LogP contribution in [0.5, 0.6) is 0 Å². The van der Waals surface area contributed by atoms with Crippen molar-refractivity contribution in [3.8, 4) is 0 Å². The van der Waals surface area contributed by atoms with Crippen LogP contribution in [0.4, 0.5) is 21.0 Å². The molecule has 0 bridgehead atoms. The molecule has 4 aromatic carbocycles. The van der Waals surface area contributed by atoms with Gasteiger partial charge in [0.15, 0.2) is 11.6 Å². The summed E-state index contributed by atoms with van der Waals surface area (Å²) in [6.07, 6.45) is -11.0. The van der Waals surface area contributed by atoms with Gasteiger partial charge in [-0.05, 0) is 97.6 Å². The monoisotopic (exact) mass is 2010 g/mol. The second-order valence-electron chi connectivity index (χ2n) is 37.4. The number of Topliss-reactive ketones (excluding diaryl/α,β-unsaturated/α-hetero) is 2. The van der Waals surface area contributed by atoms with Gasteiger partial charge < -0.3 is 137 Å². The van der Waals surface area contributed by atoms with Crippen LogP contribution in [0.25, 0.3) is 11.4 Å². The third kappa shape index (κ3) is 37.7. The van der Waals surface area contributed by atoms with E-state index >= 15 is 4.79 Å². The number of anilines is 2. The molecule has 2 aliphatic rings. The van der Waals surface area contributed by atoms with E-state index in [-0.39, 0.29) is 177 Å². The standard InChI is InChI=1S/C102H157N15O26/c1-16-64(8)92(82(137-14)56-87(127)116-45-25-33-77(116)96(138-15)65(9)97(131)109-66(10)93(128)68-26-18-17-19-27-68)114(12)100(134)74(61(2)3)55-79(120)91(63(6)7)115(13)102(136)143-60-67-34-36-71(37-35-67)110-98(132)69(29-24-43-107-101(103)135)54-78(119)88(62(4)5)112-99(133)75(38-39-84(124)108-57-80(121)94(129)95(130)81(122)59-118)111-85(125)42-46-139-48-50-141-52-53-142-51-49-140-47-44-106-83(123)40-41-86(126)117-58-70-28-20-21-30-72(70)89(105-11)90(113-104)73-31-22-23-32-76(73)117/h17-23,26-28,30-32,34-37,61-66,69,74-75,77,80-82,88,91-96,105,113,118,121-122,128-130H,16,24-25,29,33,38-60,104H2,1-15H3,(H,106,123)(H,108,124)(H,109,131)(H,110,132)(H,111,125)(H,112,133)(H3,103,107,135)/b90-89-/t64-,65+,66+,69+,74-,75+,77-,80-,81+,82+,88-,91-,92-,93+,94+,95+,96+/m0/s1. The number of primary amides is 1. The molecule has 41 nitrogen and oxygen atoms in total. The highest BCUT2D eigenvalue weighted by Gasteiger charge is 2.45. The van der Waals surface area contributed by atoms with Gasteiger partial charge in [-0.15, -0.1) is 0 Å². The molecule has 1 fully saturated rings. The summed E-state index contributed by atoms with van der Waals surface area (Å²) in [6.45, 7) is 17.9. The van der Waals surface area contributed by atoms with E-state index < -0.39 is 183 Å². The highest BCUT2D eigenvalue weighted by atomic mass is 16.6. The van der Waals surface area contributed by atoms with Crippen LogP contribution < -0.4 is 64.4 Å². The third-order valence-corrected chi connectivity index (χ3v) is 26.1. The maximum Gasteiger partial charge on any atom is 0.410 e. The number of amides is 12. The number of ether oxygens (including phenoxy) is 7. The van der Waals surface area contributed by atoms with Crippen molar-refractivity contribution in [2.75, 3.05) is 131 Å². The average Bonchev–Trinajstić information content (AvgIpc) is 1.45. The van der Waals surface area contributed by atoms with E-state index in [2.05, 4.69) is 48.0 Å². The van der Waals surface area contributed by atoms with Crippen LogP contribution in [0.2, 0.25) is 0 Å². The molecule has 0 aromatic heterocycles. The van der Waals surface area contributed by atoms with Gasteiger partial charge in [0.25, 0.3) is 0 Å². The predicted octanol–water partition coefficient (Wildman–Crippen LogP) is 4.00. The highest BCUT2D eigenvalue weighted by Crippen LogP contribution is 2.38. The summed E-state index contributed by atoms with van der Waals surface area (Å²) in [4.78, 5) is 187. The quantitative estimate of drug-likeness (QED) is 0.0169. The van der Waals surface area contributed by atoms with Crippen molar-refractivity contribution in [2.45, 2.75) is 245 Å². The van der Waals surface area contributed by atoms with E-state index in [9.17, 15) is 88.2 Å². The second-order valence-corrected chi connectivity index (χ2v) is 37.4. The Bertz CT molecular complexity index is 4730. The summed E-state index contributed by atoms with van der Waals surface area (Å²) in [6, 6.07) is 24.0. The molecular formula is C102H157N15O26. The number of para-hydroxylation sites is 1. The minimum absolute atomic E-state index is 0.0234. The first kappa shape index (κ1) is 121. The number of benzene rings is 4. The van der Waals surface area contributed by atoms with Crippen LogP contribution in [-0.2, 0) is 99.0 Å². The number of hydrogen-bond acceptors (Lipinski definition) is 29. The number of hydrazine groups is 1. The van der Waals surface area contributed by atoms with Crippen molar-refractivity contribution in [1.82, 2.24) is 57.3 Å². The molecular weight excluding hydrogens is 1850 g/mol. The topological polar surface area (TPSA) is 581 Å². The predicted molar refractivity (Wildman–Crippen MR) is 534 cm³/mol. The number of likely N-dealkylation sites (tertiary alicyclic amines) is 1. The lowest BCUT2D eigenvalue weighted by molar-refractivity contribution is -0.149. The molecule has 41 heteroatoms. The second kappa shape index (κ2) is 62.5. The Morgan fingerprint density at radius 2 is 1.19 bits per heavy atom. The Hall–Kier alpha value is -11.2. The minimum Gasteiger partial charge on any atom is -0.445 e. The van der Waals surface area contributed by atoms with Gasteiger partial charge >= 0.3 is 12.1 Å². The molecule has 2 aliphatic heterocycles. The molecule has 143 heavy (non-hydrogen) atoms. The summed E-state index contributed by atoms with van der Waals surface area (Å²) < 4.78 is 40.4. The number of carbonyl (C=O) groups is 13. The Labute approximate surface area is 839 Å². The molecule has 0 radical (unpaired) electrons. The fourth-order valence-electron chi connectivity index (χ4n) is 17.8. The lowest BCUT2D eigenvalue weighted by Gasteiger charge is -2.41. The first-order chi connectivity index (χ1) is 68.2. The van der Waals surface area contributed by atoms with Crippen molar-refractivity contribution < 1.29 is 126 Å². The van der Waals surface area contributed by atoms with E-state index in [4.69, 9.17) is 44.7 Å². The molecule has 0 aliphatic carbocycles. The zero-order chi connectivity index (χ0) is 106. The third-order valence-electron chi connectivity index (χ3n) is 26.1. The molecule has 796 valence electrons. The Morgan fingerprint density at radius 1 is 0.573 bits per heavy atom. The highest BCUT2D eigenvalue weighted by molar-refractivity contribution is 6.03. The lowest BCUT2D eigenvalue weighted by atomic mass is 9.83. The summed E-state index contributed by atoms with van der Waals surface area (Å²) in [5.74, 6) is -3.77. The first-order valence-electron chi connectivity index (χ1n) is 49.4. The molecule has 19 N–H and O–H groups in total. The zero-order valence-electron chi connectivity index (χ0n) is 85.5. The van der Waals surface area contributed by atoms with Gasteiger partial charge in [-0.25, -0.2) is 9.59 Å². The molecule has 1 saturated heterocycles. The Morgan fingerprint density at radius 3 is 1.79 bits per heavy atom. The molecule has 0 spiro atoms. The van der Waals surface area contributed by atoms with Gasteiger partial charge in [-0.3, -0.25) is 58.6 Å². The van der Waals surface area contributed by atoms with Gasteiger partial charge in [0, 0.05) is 129 Å². The first-order valence-corrected chi connectivity index (χ1v) is 49.4. The number of likely N-dealkylation sites (N-methyl/N-ethyl adjacent to an activating group) is 2. The zero-order valence-corrected chi connectivity index (χ0v) is 85.5. The largest absolute Gasteiger partial charge is 0.445 e. The summed E-state index contributed by atoms with van der Waals surface area (Å²) in [5.41, 5.74) is 14.1. The van der Waals surface area contributed by atoms with Crippen LogP contribution in [0.15, 0.2) is 103 Å². The minimum atomic E-state index is -2.00. The van der Waals surface area contributed by atoms with Crippen molar-refractivity contribution in [1.29, 1.82) is 0 Å². The molecule has 12 amide bonds. The molecule has 17 atom stereocenters. The van der Waals surface area contributed by atoms with E-state index in [0.29, 0.717) is 48.3 Å². The number of aliphatic hydroxyl groups excluding tert-OH is 6. The van der Waals surface area contributed by atoms with E-state index in [0.717, 1.165) is 22.4 Å². The Kier molecular flexibility index (Phi) is 52.7. The number of rotatable bonds is 65. The van der Waals surface area contributed by atoms with Crippen molar-refractivity contribution in [3.63, 3.8) is 0 Å². The van der Waals surface area contributed by atoms with Crippen LogP contribution in [0, 0.1) is 41.4 Å². The number of urea groups is 1. The maximum atomic E-state index is 15.0. The number of nitrogens with zero attached hydrogens (tertiary/aromatic N) is 4. The fraction of sp³-hybridized carbons (Fsp3) is 0.618. The normalized spacial score (nSPS) is 17.0. The maximum absolute atomic E-state index is 15.0. The lowest BCUT2D eigenvalue weighted by Crippen LogP contribution is -2.55. The number of carbonyl (C=O) groups excluding carboxylic acids is 13. The number of fused-ring (bicyclic) bond motifs is 2. The van der Waals surface area contributed by atoms with E-state index in [1.54, 1.807) is 107 Å². The molecule has 2 heterocycles. The van der Waals surface area contributed by atoms with Gasteiger partial charge in [0.1, 0.15) is 31.0 Å². The van der Waals surface area contributed by atoms with Gasteiger partial charge in [-0.2, -0.15) is 0 Å². The number of nitrogens with one attached hydrogen (secondary N) is 9. The van der Waals surface area contributed by atoms with Crippen LogP contribution >= 0.6 is 0 Å². The molecule has 4 aromatic rings. The van der Waals surface area contributed by atoms with Crippen molar-refractivity contribution in [3.05, 3.63) is 131 Å². The van der Waals surface area contributed by atoms with Gasteiger partial charge in [0.05, 0.1) is 150 Å². The number of nitrogens with two attached hydrogens (primary N) is 2. The van der Waals surface area contributed by atoms with Gasteiger partial charge in [-0.1, -0.05) is 154 Å². The van der Waals surface area contributed by atoms with E-state index in [1.807, 2.05) is 82.3 Å².